The maximum atomic E-state index is 13.3. The van der Waals surface area contributed by atoms with Crippen LogP contribution in [0.15, 0.2) is 35.7 Å². The van der Waals surface area contributed by atoms with Crippen LogP contribution in [0, 0.1) is 13.8 Å². The fourth-order valence-electron chi connectivity index (χ4n) is 3.57. The summed E-state index contributed by atoms with van der Waals surface area (Å²) < 4.78 is 22.2. The molecule has 0 saturated carbocycles. The number of thiophene rings is 1. The summed E-state index contributed by atoms with van der Waals surface area (Å²) in [5.41, 5.74) is 4.48. The highest BCUT2D eigenvalue weighted by Crippen LogP contribution is 2.40. The van der Waals surface area contributed by atoms with Crippen LogP contribution in [-0.4, -0.2) is 38.8 Å². The summed E-state index contributed by atoms with van der Waals surface area (Å²) in [5.74, 6) is 0.359. The molecule has 0 radical (unpaired) electrons. The number of amides is 1. The molecule has 0 bridgehead atoms. The molecule has 0 aliphatic carbocycles. The second-order valence-electron chi connectivity index (χ2n) is 7.70. The molecule has 35 heavy (non-hydrogen) atoms. The highest BCUT2D eigenvalue weighted by atomic mass is 32.1. The van der Waals surface area contributed by atoms with Crippen molar-refractivity contribution < 1.29 is 28.5 Å². The van der Waals surface area contributed by atoms with Crippen molar-refractivity contribution >= 4 is 28.2 Å². The second-order valence-corrected chi connectivity index (χ2v) is 8.58. The van der Waals surface area contributed by atoms with E-state index in [-0.39, 0.29) is 0 Å². The first-order chi connectivity index (χ1) is 16.8. The maximum absolute atomic E-state index is 13.3. The average molecular weight is 498 g/mol. The number of carbonyl (C=O) groups excluding carboxylic acids is 2. The zero-order valence-electron chi connectivity index (χ0n) is 20.9. The third kappa shape index (κ3) is 5.77. The summed E-state index contributed by atoms with van der Waals surface area (Å²) in [5, 5.41) is 5.13. The highest BCUT2D eigenvalue weighted by Gasteiger charge is 2.24. The molecule has 8 heteroatoms. The van der Waals surface area contributed by atoms with E-state index in [9.17, 15) is 9.59 Å². The van der Waals surface area contributed by atoms with Gasteiger partial charge in [-0.1, -0.05) is 18.2 Å². The van der Waals surface area contributed by atoms with Gasteiger partial charge in [0.15, 0.2) is 11.5 Å². The SMILES string of the molecule is CCOc1cc(C(=O)Nc2scc(-c3ccc(C)c(C)c3)c2C(=O)OC)cc(OCC)c1OCC. The van der Waals surface area contributed by atoms with Gasteiger partial charge in [-0.3, -0.25) is 4.79 Å². The van der Waals surface area contributed by atoms with Gasteiger partial charge in [0.05, 0.1) is 26.9 Å². The van der Waals surface area contributed by atoms with Crippen LogP contribution in [0.2, 0.25) is 0 Å². The quantitative estimate of drug-likeness (QED) is 0.333. The van der Waals surface area contributed by atoms with Crippen molar-refractivity contribution in [3.63, 3.8) is 0 Å². The number of nitrogens with one attached hydrogen (secondary N) is 1. The molecule has 0 aliphatic rings. The van der Waals surface area contributed by atoms with Gasteiger partial charge in [0, 0.05) is 16.5 Å². The Morgan fingerprint density at radius 3 is 2.06 bits per heavy atom. The van der Waals surface area contributed by atoms with Crippen LogP contribution in [0.25, 0.3) is 11.1 Å². The summed E-state index contributed by atoms with van der Waals surface area (Å²) in [6, 6.07) is 9.21. The number of hydrogen-bond acceptors (Lipinski definition) is 7. The van der Waals surface area contributed by atoms with Crippen molar-refractivity contribution in [2.75, 3.05) is 32.2 Å². The minimum absolute atomic E-state index is 0.315. The number of ether oxygens (including phenoxy) is 4. The van der Waals surface area contributed by atoms with E-state index >= 15 is 0 Å². The Hall–Kier alpha value is -3.52. The molecule has 0 spiro atoms. The predicted molar refractivity (Wildman–Crippen MR) is 138 cm³/mol. The summed E-state index contributed by atoms with van der Waals surface area (Å²) in [7, 11) is 1.32. The lowest BCUT2D eigenvalue weighted by molar-refractivity contribution is 0.0603. The number of hydrogen-bond donors (Lipinski definition) is 1. The number of esters is 1. The van der Waals surface area contributed by atoms with E-state index in [0.29, 0.717) is 58.8 Å². The van der Waals surface area contributed by atoms with E-state index in [2.05, 4.69) is 5.32 Å². The number of anilines is 1. The molecule has 1 heterocycles. The Kier molecular flexibility index (Phi) is 8.76. The van der Waals surface area contributed by atoms with Crippen molar-refractivity contribution in [1.82, 2.24) is 0 Å². The van der Waals surface area contributed by atoms with E-state index < -0.39 is 11.9 Å². The van der Waals surface area contributed by atoms with Gasteiger partial charge in [0.1, 0.15) is 10.6 Å². The first kappa shape index (κ1) is 26.1. The molecule has 0 saturated heterocycles. The Morgan fingerprint density at radius 1 is 0.886 bits per heavy atom. The topological polar surface area (TPSA) is 83.1 Å². The predicted octanol–water partition coefficient (Wildman–Crippen LogP) is 6.27. The van der Waals surface area contributed by atoms with Crippen LogP contribution in [0.4, 0.5) is 5.00 Å². The first-order valence-electron chi connectivity index (χ1n) is 11.5. The van der Waals surface area contributed by atoms with Crippen LogP contribution >= 0.6 is 11.3 Å². The lowest BCUT2D eigenvalue weighted by atomic mass is 9.99. The summed E-state index contributed by atoms with van der Waals surface area (Å²) >= 11 is 1.27. The highest BCUT2D eigenvalue weighted by molar-refractivity contribution is 7.15. The van der Waals surface area contributed by atoms with E-state index in [1.807, 2.05) is 58.2 Å². The summed E-state index contributed by atoms with van der Waals surface area (Å²) in [6.07, 6.45) is 0. The van der Waals surface area contributed by atoms with Crippen LogP contribution in [-0.2, 0) is 4.74 Å². The second kappa shape index (κ2) is 11.8. The lowest BCUT2D eigenvalue weighted by Crippen LogP contribution is -2.15. The molecule has 3 aromatic rings. The van der Waals surface area contributed by atoms with Gasteiger partial charge in [-0.05, 0) is 63.4 Å². The van der Waals surface area contributed by atoms with Gasteiger partial charge in [-0.2, -0.15) is 0 Å². The molecule has 2 aromatic carbocycles. The van der Waals surface area contributed by atoms with Gasteiger partial charge in [-0.15, -0.1) is 11.3 Å². The number of benzene rings is 2. The molecule has 3 rings (SSSR count). The molecule has 1 N–H and O–H groups in total. The van der Waals surface area contributed by atoms with E-state index in [1.54, 1.807) is 12.1 Å². The minimum Gasteiger partial charge on any atom is -0.490 e. The van der Waals surface area contributed by atoms with Crippen LogP contribution < -0.4 is 19.5 Å². The molecular weight excluding hydrogens is 466 g/mol. The first-order valence-corrected chi connectivity index (χ1v) is 12.4. The number of carbonyl (C=O) groups is 2. The fraction of sp³-hybridized carbons (Fsp3) is 0.333. The third-order valence-electron chi connectivity index (χ3n) is 5.40. The molecule has 0 fully saturated rings. The van der Waals surface area contributed by atoms with Crippen molar-refractivity contribution in [3.05, 3.63) is 58.0 Å². The van der Waals surface area contributed by atoms with Crippen molar-refractivity contribution in [2.45, 2.75) is 34.6 Å². The van der Waals surface area contributed by atoms with Crippen LogP contribution in [0.3, 0.4) is 0 Å². The van der Waals surface area contributed by atoms with Crippen molar-refractivity contribution in [2.24, 2.45) is 0 Å². The zero-order valence-corrected chi connectivity index (χ0v) is 21.8. The monoisotopic (exact) mass is 497 g/mol. The average Bonchev–Trinajstić information content (AvgIpc) is 3.25. The molecule has 186 valence electrons. The van der Waals surface area contributed by atoms with Gasteiger partial charge in [0.2, 0.25) is 5.75 Å². The molecule has 0 unspecified atom stereocenters. The van der Waals surface area contributed by atoms with Crippen molar-refractivity contribution in [1.29, 1.82) is 0 Å². The lowest BCUT2D eigenvalue weighted by Gasteiger charge is -2.17. The normalized spacial score (nSPS) is 10.6. The van der Waals surface area contributed by atoms with E-state index in [1.165, 1.54) is 18.4 Å². The molecule has 0 aliphatic heterocycles. The summed E-state index contributed by atoms with van der Waals surface area (Å²) in [4.78, 5) is 26.0. The Balaban J connectivity index is 2.02. The van der Waals surface area contributed by atoms with Gasteiger partial charge in [0.25, 0.3) is 5.91 Å². The van der Waals surface area contributed by atoms with Crippen LogP contribution in [0.1, 0.15) is 52.6 Å². The molecule has 0 atom stereocenters. The molecule has 7 nitrogen and oxygen atoms in total. The number of rotatable bonds is 10. The van der Waals surface area contributed by atoms with Crippen molar-refractivity contribution in [3.8, 4) is 28.4 Å². The standard InChI is InChI=1S/C27H31NO6S/c1-7-32-21-13-19(14-22(33-8-2)24(21)34-9-3)25(29)28-26-23(27(30)31-6)20(15-35-26)18-11-10-16(4)17(5)12-18/h10-15H,7-9H2,1-6H3,(H,28,29). The summed E-state index contributed by atoms with van der Waals surface area (Å²) in [6.45, 7) is 10.8. The van der Waals surface area contributed by atoms with Gasteiger partial charge < -0.3 is 24.3 Å². The molecular formula is C27H31NO6S. The maximum Gasteiger partial charge on any atom is 0.341 e. The Morgan fingerprint density at radius 2 is 1.51 bits per heavy atom. The van der Waals surface area contributed by atoms with Gasteiger partial charge in [-0.25, -0.2) is 4.79 Å². The number of aryl methyl sites for hydroxylation is 2. The Bertz CT molecular complexity index is 1190. The molecule has 1 amide bonds. The third-order valence-corrected chi connectivity index (χ3v) is 6.29. The molecule has 1 aromatic heterocycles. The zero-order chi connectivity index (χ0) is 25.5. The van der Waals surface area contributed by atoms with E-state index in [0.717, 1.165) is 16.7 Å². The van der Waals surface area contributed by atoms with E-state index in [4.69, 9.17) is 18.9 Å². The number of methoxy groups -OCH3 is 1. The van der Waals surface area contributed by atoms with Crippen LogP contribution in [0.5, 0.6) is 17.2 Å². The largest absolute Gasteiger partial charge is 0.490 e. The fourth-order valence-corrected chi connectivity index (χ4v) is 4.52. The minimum atomic E-state index is -0.522. The van der Waals surface area contributed by atoms with Gasteiger partial charge >= 0.3 is 5.97 Å². The Labute approximate surface area is 210 Å². The smallest absolute Gasteiger partial charge is 0.341 e.